The van der Waals surface area contributed by atoms with Gasteiger partial charge in [0.1, 0.15) is 23.8 Å². The van der Waals surface area contributed by atoms with Crippen molar-refractivity contribution in [1.82, 2.24) is 19.5 Å². The molecule has 4 aromatic rings. The molecule has 0 radical (unpaired) electrons. The van der Waals surface area contributed by atoms with E-state index in [-0.39, 0.29) is 5.91 Å². The summed E-state index contributed by atoms with van der Waals surface area (Å²) in [6.07, 6.45) is 5.23. The lowest BCUT2D eigenvalue weighted by Crippen LogP contribution is -2.12. The summed E-state index contributed by atoms with van der Waals surface area (Å²) >= 11 is 0. The molecule has 1 amide bonds. The van der Waals surface area contributed by atoms with Crippen molar-refractivity contribution < 1.29 is 4.79 Å². The molecule has 7 nitrogen and oxygen atoms in total. The molecule has 0 unspecified atom stereocenters. The quantitative estimate of drug-likeness (QED) is 0.514. The Bertz CT molecular complexity index is 1180. The molecule has 0 saturated heterocycles. The minimum absolute atomic E-state index is 0.129. The Kier molecular flexibility index (Phi) is 5.26. The van der Waals surface area contributed by atoms with Crippen LogP contribution in [0, 0.1) is 20.8 Å². The van der Waals surface area contributed by atoms with Gasteiger partial charge in [0, 0.05) is 35.4 Å². The fourth-order valence-corrected chi connectivity index (χ4v) is 3.01. The zero-order chi connectivity index (χ0) is 21.1. The van der Waals surface area contributed by atoms with Crippen LogP contribution in [-0.2, 0) is 0 Å². The maximum absolute atomic E-state index is 12.5. The lowest BCUT2D eigenvalue weighted by Gasteiger charge is -2.11. The summed E-state index contributed by atoms with van der Waals surface area (Å²) in [4.78, 5) is 25.4. The van der Waals surface area contributed by atoms with Crippen molar-refractivity contribution in [3.05, 3.63) is 89.8 Å². The fourth-order valence-electron chi connectivity index (χ4n) is 3.01. The van der Waals surface area contributed by atoms with E-state index in [4.69, 9.17) is 0 Å². The highest BCUT2D eigenvalue weighted by Crippen LogP contribution is 2.20. The van der Waals surface area contributed by atoms with Gasteiger partial charge in [-0.05, 0) is 68.3 Å². The molecule has 0 saturated carbocycles. The van der Waals surface area contributed by atoms with Gasteiger partial charge in [-0.25, -0.2) is 15.0 Å². The van der Waals surface area contributed by atoms with Crippen LogP contribution < -0.4 is 10.6 Å². The Morgan fingerprint density at radius 1 is 0.900 bits per heavy atom. The molecule has 30 heavy (non-hydrogen) atoms. The molecule has 2 aromatic carbocycles. The standard InChI is InChI=1S/C23H22N6O/c1-15-4-5-18(12-16(15)2)23(30)28-20-8-6-19(7-9-20)27-21-13-22(26-17(3)25-21)29-11-10-24-14-29/h4-14H,1-3H3,(H,28,30)(H,25,26,27). The Morgan fingerprint density at radius 2 is 1.67 bits per heavy atom. The fraction of sp³-hybridized carbons (Fsp3) is 0.130. The average molecular weight is 398 g/mol. The first-order valence-corrected chi connectivity index (χ1v) is 9.58. The van der Waals surface area contributed by atoms with E-state index in [0.29, 0.717) is 17.2 Å². The average Bonchev–Trinajstić information content (AvgIpc) is 3.26. The van der Waals surface area contributed by atoms with Gasteiger partial charge < -0.3 is 10.6 Å². The number of aromatic nitrogens is 4. The number of amides is 1. The second-order valence-electron chi connectivity index (χ2n) is 7.08. The molecule has 2 aromatic heterocycles. The van der Waals surface area contributed by atoms with Gasteiger partial charge in [-0.2, -0.15) is 0 Å². The number of hydrogen-bond donors (Lipinski definition) is 2. The number of imidazole rings is 1. The third-order valence-corrected chi connectivity index (χ3v) is 4.78. The topological polar surface area (TPSA) is 84.7 Å². The molecule has 150 valence electrons. The van der Waals surface area contributed by atoms with E-state index in [1.54, 1.807) is 12.5 Å². The highest BCUT2D eigenvalue weighted by atomic mass is 16.1. The molecule has 0 aliphatic carbocycles. The minimum atomic E-state index is -0.129. The summed E-state index contributed by atoms with van der Waals surface area (Å²) in [5.41, 5.74) is 4.48. The van der Waals surface area contributed by atoms with Gasteiger partial charge in [0.25, 0.3) is 5.91 Å². The van der Waals surface area contributed by atoms with Crippen LogP contribution in [0.25, 0.3) is 5.82 Å². The summed E-state index contributed by atoms with van der Waals surface area (Å²) < 4.78 is 1.82. The smallest absolute Gasteiger partial charge is 0.255 e. The second-order valence-corrected chi connectivity index (χ2v) is 7.08. The number of carbonyl (C=O) groups is 1. The van der Waals surface area contributed by atoms with E-state index < -0.39 is 0 Å². The van der Waals surface area contributed by atoms with Crippen LogP contribution >= 0.6 is 0 Å². The molecular weight excluding hydrogens is 376 g/mol. The Balaban J connectivity index is 1.46. The SMILES string of the molecule is Cc1nc(Nc2ccc(NC(=O)c3ccc(C)c(C)c3)cc2)cc(-n2ccnc2)n1. The largest absolute Gasteiger partial charge is 0.340 e. The molecule has 7 heteroatoms. The Labute approximate surface area is 174 Å². The van der Waals surface area contributed by atoms with Crippen LogP contribution in [0.5, 0.6) is 0 Å². The lowest BCUT2D eigenvalue weighted by atomic mass is 10.1. The van der Waals surface area contributed by atoms with Gasteiger partial charge in [-0.3, -0.25) is 9.36 Å². The summed E-state index contributed by atoms with van der Waals surface area (Å²) in [6, 6.07) is 15.0. The Hall–Kier alpha value is -4.00. The van der Waals surface area contributed by atoms with Gasteiger partial charge in [0.15, 0.2) is 0 Å². The van der Waals surface area contributed by atoms with Gasteiger partial charge in [0.2, 0.25) is 0 Å². The zero-order valence-electron chi connectivity index (χ0n) is 17.0. The van der Waals surface area contributed by atoms with Crippen LogP contribution in [-0.4, -0.2) is 25.4 Å². The molecule has 2 heterocycles. The summed E-state index contributed by atoms with van der Waals surface area (Å²) in [5.74, 6) is 1.94. The molecule has 0 aliphatic rings. The number of benzene rings is 2. The van der Waals surface area contributed by atoms with Crippen LogP contribution in [0.15, 0.2) is 67.3 Å². The highest BCUT2D eigenvalue weighted by Gasteiger charge is 2.08. The molecule has 0 aliphatic heterocycles. The molecule has 2 N–H and O–H groups in total. The minimum Gasteiger partial charge on any atom is -0.340 e. The maximum Gasteiger partial charge on any atom is 0.255 e. The summed E-state index contributed by atoms with van der Waals surface area (Å²) in [7, 11) is 0. The van der Waals surface area contributed by atoms with Gasteiger partial charge >= 0.3 is 0 Å². The lowest BCUT2D eigenvalue weighted by molar-refractivity contribution is 0.102. The van der Waals surface area contributed by atoms with Crippen LogP contribution in [0.2, 0.25) is 0 Å². The maximum atomic E-state index is 12.5. The van der Waals surface area contributed by atoms with E-state index >= 15 is 0 Å². The van der Waals surface area contributed by atoms with Crippen molar-refractivity contribution in [2.24, 2.45) is 0 Å². The van der Waals surface area contributed by atoms with Crippen molar-refractivity contribution in [3.8, 4) is 5.82 Å². The van der Waals surface area contributed by atoms with E-state index in [1.165, 1.54) is 0 Å². The number of nitrogens with zero attached hydrogens (tertiary/aromatic N) is 4. The van der Waals surface area contributed by atoms with Crippen molar-refractivity contribution in [1.29, 1.82) is 0 Å². The van der Waals surface area contributed by atoms with Crippen molar-refractivity contribution >= 4 is 23.1 Å². The van der Waals surface area contributed by atoms with E-state index in [1.807, 2.05) is 80.1 Å². The summed E-state index contributed by atoms with van der Waals surface area (Å²) in [6.45, 7) is 5.87. The van der Waals surface area contributed by atoms with Crippen LogP contribution in [0.1, 0.15) is 27.3 Å². The highest BCUT2D eigenvalue weighted by molar-refractivity contribution is 6.04. The number of nitrogens with one attached hydrogen (secondary N) is 2. The van der Waals surface area contributed by atoms with E-state index in [9.17, 15) is 4.79 Å². The Morgan fingerprint density at radius 3 is 2.37 bits per heavy atom. The molecular formula is C23H22N6O. The number of carbonyl (C=O) groups excluding carboxylic acids is 1. The van der Waals surface area contributed by atoms with Gasteiger partial charge in [-0.15, -0.1) is 0 Å². The number of aryl methyl sites for hydroxylation is 3. The third-order valence-electron chi connectivity index (χ3n) is 4.78. The van der Waals surface area contributed by atoms with Crippen molar-refractivity contribution in [2.75, 3.05) is 10.6 Å². The second kappa shape index (κ2) is 8.16. The normalized spacial score (nSPS) is 10.6. The molecule has 0 fully saturated rings. The molecule has 0 spiro atoms. The molecule has 0 atom stereocenters. The van der Waals surface area contributed by atoms with E-state index in [0.717, 1.165) is 28.3 Å². The molecule has 0 bridgehead atoms. The molecule has 4 rings (SSSR count). The van der Waals surface area contributed by atoms with Crippen molar-refractivity contribution in [2.45, 2.75) is 20.8 Å². The first-order chi connectivity index (χ1) is 14.5. The van der Waals surface area contributed by atoms with Gasteiger partial charge in [0.05, 0.1) is 0 Å². The monoisotopic (exact) mass is 398 g/mol. The number of anilines is 3. The predicted molar refractivity (Wildman–Crippen MR) is 117 cm³/mol. The number of hydrogen-bond acceptors (Lipinski definition) is 5. The first kappa shape index (κ1) is 19.3. The van der Waals surface area contributed by atoms with Crippen LogP contribution in [0.4, 0.5) is 17.2 Å². The van der Waals surface area contributed by atoms with Crippen molar-refractivity contribution in [3.63, 3.8) is 0 Å². The zero-order valence-corrected chi connectivity index (χ0v) is 17.0. The summed E-state index contributed by atoms with van der Waals surface area (Å²) in [5, 5.41) is 6.21. The van der Waals surface area contributed by atoms with Crippen LogP contribution in [0.3, 0.4) is 0 Å². The predicted octanol–water partition coefficient (Wildman–Crippen LogP) is 4.58. The third kappa shape index (κ3) is 4.35. The number of rotatable bonds is 5. The van der Waals surface area contributed by atoms with E-state index in [2.05, 4.69) is 25.6 Å². The first-order valence-electron chi connectivity index (χ1n) is 9.58. The van der Waals surface area contributed by atoms with Gasteiger partial charge in [-0.1, -0.05) is 6.07 Å².